The molecule has 7 heteroatoms. The summed E-state index contributed by atoms with van der Waals surface area (Å²) in [4.78, 5) is 19.5. The molecule has 6 nitrogen and oxygen atoms in total. The molecule has 1 fully saturated rings. The molecule has 172 valence electrons. The quantitative estimate of drug-likeness (QED) is 0.527. The number of nitrogens with one attached hydrogen (secondary N) is 1. The van der Waals surface area contributed by atoms with Gasteiger partial charge in [-0.3, -0.25) is 14.7 Å². The van der Waals surface area contributed by atoms with Crippen molar-refractivity contribution in [1.82, 2.24) is 9.88 Å². The molecule has 1 N–H and O–H groups in total. The zero-order valence-corrected chi connectivity index (χ0v) is 18.5. The fourth-order valence-corrected chi connectivity index (χ4v) is 3.74. The Labute approximate surface area is 193 Å². The molecule has 0 spiro atoms. The van der Waals surface area contributed by atoms with E-state index in [1.54, 1.807) is 36.7 Å². The van der Waals surface area contributed by atoms with Gasteiger partial charge in [0.1, 0.15) is 18.2 Å². The summed E-state index contributed by atoms with van der Waals surface area (Å²) in [7, 11) is 0. The van der Waals surface area contributed by atoms with Crippen molar-refractivity contribution < 1.29 is 18.7 Å². The normalized spacial score (nSPS) is 14.1. The van der Waals surface area contributed by atoms with Crippen molar-refractivity contribution in [2.45, 2.75) is 19.4 Å². The Morgan fingerprint density at radius 3 is 2.64 bits per heavy atom. The third-order valence-electron chi connectivity index (χ3n) is 5.56. The van der Waals surface area contributed by atoms with Crippen LogP contribution in [0.25, 0.3) is 0 Å². The summed E-state index contributed by atoms with van der Waals surface area (Å²) in [6.45, 7) is 4.76. The van der Waals surface area contributed by atoms with Crippen LogP contribution in [0.2, 0.25) is 0 Å². The molecule has 0 aliphatic carbocycles. The van der Waals surface area contributed by atoms with E-state index in [2.05, 4.69) is 15.2 Å². The molecule has 0 atom stereocenters. The SMILES string of the molecule is O=C(Nc1cccnc1)c1cc(CCCN2CCOCC2)ccc1OCc1ccc(F)cc1. The molecule has 0 unspecified atom stereocenters. The molecule has 33 heavy (non-hydrogen) atoms. The summed E-state index contributed by atoms with van der Waals surface area (Å²) < 4.78 is 24.5. The second kappa shape index (κ2) is 11.5. The van der Waals surface area contributed by atoms with Crippen LogP contribution in [0, 0.1) is 5.82 Å². The van der Waals surface area contributed by atoms with Gasteiger partial charge >= 0.3 is 0 Å². The van der Waals surface area contributed by atoms with E-state index in [0.29, 0.717) is 17.0 Å². The Kier molecular flexibility index (Phi) is 8.00. The molecule has 1 aromatic heterocycles. The van der Waals surface area contributed by atoms with Crippen molar-refractivity contribution in [3.63, 3.8) is 0 Å². The number of amides is 1. The summed E-state index contributed by atoms with van der Waals surface area (Å²) in [5.41, 5.74) is 2.98. The standard InChI is InChI=1S/C26H28FN3O3/c27-22-8-5-21(6-9-22)19-33-25-10-7-20(3-2-12-30-13-15-32-16-14-30)17-24(25)26(31)29-23-4-1-11-28-18-23/h1,4-11,17-18H,2-3,12-16,19H2,(H,29,31). The predicted octanol–water partition coefficient (Wildman–Crippen LogP) is 4.32. The lowest BCUT2D eigenvalue weighted by molar-refractivity contribution is 0.0374. The van der Waals surface area contributed by atoms with Crippen LogP contribution in [0.3, 0.4) is 0 Å². The number of carbonyl (C=O) groups is 1. The number of anilines is 1. The number of nitrogens with zero attached hydrogens (tertiary/aromatic N) is 2. The van der Waals surface area contributed by atoms with E-state index in [1.165, 1.54) is 12.1 Å². The smallest absolute Gasteiger partial charge is 0.259 e. The zero-order valence-electron chi connectivity index (χ0n) is 18.5. The van der Waals surface area contributed by atoms with E-state index in [1.807, 2.05) is 18.2 Å². The van der Waals surface area contributed by atoms with Gasteiger partial charge in [-0.2, -0.15) is 0 Å². The van der Waals surface area contributed by atoms with Crippen molar-refractivity contribution >= 4 is 11.6 Å². The van der Waals surface area contributed by atoms with Crippen LogP contribution in [0.15, 0.2) is 67.0 Å². The Bertz CT molecular complexity index is 1040. The lowest BCUT2D eigenvalue weighted by Crippen LogP contribution is -2.36. The number of halogens is 1. The minimum absolute atomic E-state index is 0.240. The highest BCUT2D eigenvalue weighted by atomic mass is 19.1. The summed E-state index contributed by atoms with van der Waals surface area (Å²) in [6, 6.07) is 15.4. The molecular formula is C26H28FN3O3. The van der Waals surface area contributed by atoms with Crippen molar-refractivity contribution in [3.05, 3.63) is 89.5 Å². The van der Waals surface area contributed by atoms with Gasteiger partial charge in [0.15, 0.2) is 0 Å². The van der Waals surface area contributed by atoms with Crippen LogP contribution in [0.1, 0.15) is 27.9 Å². The van der Waals surface area contributed by atoms with Crippen molar-refractivity contribution in [3.8, 4) is 5.75 Å². The predicted molar refractivity (Wildman–Crippen MR) is 125 cm³/mol. The second-order valence-electron chi connectivity index (χ2n) is 8.00. The molecular weight excluding hydrogens is 421 g/mol. The van der Waals surface area contributed by atoms with Crippen LogP contribution in [-0.4, -0.2) is 48.6 Å². The third kappa shape index (κ3) is 6.84. The van der Waals surface area contributed by atoms with Crippen molar-refractivity contribution in [2.75, 3.05) is 38.2 Å². The Balaban J connectivity index is 1.46. The molecule has 0 radical (unpaired) electrons. The van der Waals surface area contributed by atoms with E-state index in [0.717, 1.165) is 56.8 Å². The highest BCUT2D eigenvalue weighted by Crippen LogP contribution is 2.24. The molecule has 2 aromatic carbocycles. The lowest BCUT2D eigenvalue weighted by atomic mass is 10.0. The van der Waals surface area contributed by atoms with Crippen LogP contribution < -0.4 is 10.1 Å². The number of pyridine rings is 1. The number of aromatic nitrogens is 1. The number of ether oxygens (including phenoxy) is 2. The molecule has 4 rings (SSSR count). The van der Waals surface area contributed by atoms with E-state index in [-0.39, 0.29) is 18.3 Å². The van der Waals surface area contributed by atoms with Gasteiger partial charge in [0.2, 0.25) is 0 Å². The molecule has 1 saturated heterocycles. The topological polar surface area (TPSA) is 63.7 Å². The van der Waals surface area contributed by atoms with Gasteiger partial charge in [-0.25, -0.2) is 4.39 Å². The maximum absolute atomic E-state index is 13.2. The van der Waals surface area contributed by atoms with Gasteiger partial charge < -0.3 is 14.8 Å². The minimum Gasteiger partial charge on any atom is -0.488 e. The Morgan fingerprint density at radius 2 is 1.88 bits per heavy atom. The van der Waals surface area contributed by atoms with Crippen LogP contribution in [0.4, 0.5) is 10.1 Å². The van der Waals surface area contributed by atoms with Gasteiger partial charge in [0.05, 0.1) is 30.7 Å². The first kappa shape index (κ1) is 22.9. The molecule has 1 aliphatic rings. The van der Waals surface area contributed by atoms with Gasteiger partial charge in [-0.05, 0) is 66.9 Å². The average Bonchev–Trinajstić information content (AvgIpc) is 2.85. The highest BCUT2D eigenvalue weighted by Gasteiger charge is 2.15. The van der Waals surface area contributed by atoms with E-state index < -0.39 is 0 Å². The molecule has 0 saturated carbocycles. The van der Waals surface area contributed by atoms with E-state index in [9.17, 15) is 9.18 Å². The van der Waals surface area contributed by atoms with Crippen molar-refractivity contribution in [2.24, 2.45) is 0 Å². The zero-order chi connectivity index (χ0) is 22.9. The summed E-state index contributed by atoms with van der Waals surface area (Å²) in [6.07, 6.45) is 5.12. The number of morpholine rings is 1. The van der Waals surface area contributed by atoms with Gasteiger partial charge in [0.25, 0.3) is 5.91 Å². The van der Waals surface area contributed by atoms with Crippen LogP contribution in [-0.2, 0) is 17.8 Å². The molecule has 3 aromatic rings. The van der Waals surface area contributed by atoms with Gasteiger partial charge in [-0.15, -0.1) is 0 Å². The van der Waals surface area contributed by atoms with Crippen LogP contribution >= 0.6 is 0 Å². The number of benzene rings is 2. The largest absolute Gasteiger partial charge is 0.488 e. The number of carbonyl (C=O) groups excluding carboxylic acids is 1. The summed E-state index contributed by atoms with van der Waals surface area (Å²) >= 11 is 0. The molecule has 1 aliphatic heterocycles. The average molecular weight is 450 g/mol. The maximum atomic E-state index is 13.2. The van der Waals surface area contributed by atoms with Crippen LogP contribution in [0.5, 0.6) is 5.75 Å². The van der Waals surface area contributed by atoms with Gasteiger partial charge in [-0.1, -0.05) is 18.2 Å². The van der Waals surface area contributed by atoms with E-state index in [4.69, 9.17) is 9.47 Å². The number of aryl methyl sites for hydroxylation is 1. The first-order chi connectivity index (χ1) is 16.2. The fraction of sp³-hybridized carbons (Fsp3) is 0.308. The molecule has 2 heterocycles. The maximum Gasteiger partial charge on any atom is 0.259 e. The number of rotatable bonds is 9. The van der Waals surface area contributed by atoms with Gasteiger partial charge in [0, 0.05) is 19.3 Å². The van der Waals surface area contributed by atoms with E-state index >= 15 is 0 Å². The molecule has 1 amide bonds. The summed E-state index contributed by atoms with van der Waals surface area (Å²) in [5, 5.41) is 2.89. The monoisotopic (exact) mass is 449 g/mol. The molecule has 0 bridgehead atoms. The Hall–Kier alpha value is -3.29. The number of hydrogen-bond donors (Lipinski definition) is 1. The summed E-state index contributed by atoms with van der Waals surface area (Å²) in [5.74, 6) is -0.0681. The first-order valence-corrected chi connectivity index (χ1v) is 11.2. The third-order valence-corrected chi connectivity index (χ3v) is 5.56. The fourth-order valence-electron chi connectivity index (χ4n) is 3.74. The minimum atomic E-state index is -0.295. The highest BCUT2D eigenvalue weighted by molar-refractivity contribution is 6.06. The number of hydrogen-bond acceptors (Lipinski definition) is 5. The lowest BCUT2D eigenvalue weighted by Gasteiger charge is -2.26. The first-order valence-electron chi connectivity index (χ1n) is 11.2. The second-order valence-corrected chi connectivity index (χ2v) is 8.00. The Morgan fingerprint density at radius 1 is 1.09 bits per heavy atom. The van der Waals surface area contributed by atoms with Crippen molar-refractivity contribution in [1.29, 1.82) is 0 Å².